The second-order valence-electron chi connectivity index (χ2n) is 25.2. The van der Waals surface area contributed by atoms with Crippen LogP contribution in [0.2, 0.25) is 0 Å². The number of fused-ring (bicyclic) bond motifs is 10. The van der Waals surface area contributed by atoms with E-state index < -0.39 is 5.41 Å². The summed E-state index contributed by atoms with van der Waals surface area (Å²) in [5, 5.41) is 14.3. The molecule has 0 aromatic carbocycles. The maximum absolute atomic E-state index is 15.4. The molecule has 1 heterocycles. The highest BCUT2D eigenvalue weighted by atomic mass is 16.2. The van der Waals surface area contributed by atoms with Crippen LogP contribution in [0.15, 0.2) is 12.2 Å². The molecule has 6 heteroatoms. The lowest BCUT2D eigenvalue weighted by atomic mass is 9.43. The van der Waals surface area contributed by atoms with Gasteiger partial charge in [-0.05, 0) is 247 Å². The lowest BCUT2D eigenvalue weighted by Gasteiger charge is -2.61. The molecule has 17 aliphatic carbocycles. The maximum Gasteiger partial charge on any atom is 0.236 e. The van der Waals surface area contributed by atoms with E-state index in [9.17, 15) is 0 Å². The van der Waals surface area contributed by atoms with Gasteiger partial charge in [0, 0.05) is 26.2 Å². The number of allylic oxidation sites excluding steroid dienone is 2. The van der Waals surface area contributed by atoms with Crippen LogP contribution < -0.4 is 21.3 Å². The van der Waals surface area contributed by atoms with E-state index in [0.717, 1.165) is 198 Å². The van der Waals surface area contributed by atoms with Crippen molar-refractivity contribution >= 4 is 11.8 Å². The molecular weight excluding hydrogens is 689 g/mol. The van der Waals surface area contributed by atoms with Crippen LogP contribution in [-0.4, -0.2) is 51.1 Å². The number of hydrogen-bond donors (Lipinski definition) is 4. The SMILES string of the molecule is O=C1NCCNCCCNCCNC(=O)C12C1C3C4CCC5C6C=CC7C8CCC9C%10CCC%11C%12C%10C%10C9C8C8C7C6C6C5C4C4C5C6C8C%10C5C%12C(C43)C%11C12. The molecule has 4 N–H and O–H groups in total. The van der Waals surface area contributed by atoms with Gasteiger partial charge in [0.25, 0.3) is 0 Å². The lowest BCUT2D eigenvalue weighted by Crippen LogP contribution is -2.58. The molecule has 0 aromatic rings. The number of carbonyl (C=O) groups excluding carboxylic acids is 2. The van der Waals surface area contributed by atoms with Crippen molar-refractivity contribution in [2.45, 2.75) is 44.9 Å². The highest BCUT2D eigenvalue weighted by molar-refractivity contribution is 6.09. The summed E-state index contributed by atoms with van der Waals surface area (Å²) in [6, 6.07) is 0. The van der Waals surface area contributed by atoms with Gasteiger partial charge in [-0.1, -0.05) is 12.2 Å². The number of amides is 2. The molecule has 32 unspecified atom stereocenters. The van der Waals surface area contributed by atoms with Crippen molar-refractivity contribution in [1.82, 2.24) is 21.3 Å². The Balaban J connectivity index is 0.886. The minimum Gasteiger partial charge on any atom is -0.354 e. The average molecular weight is 753 g/mol. The monoisotopic (exact) mass is 753 g/mol. The van der Waals surface area contributed by atoms with Crippen LogP contribution in [0.4, 0.5) is 0 Å². The van der Waals surface area contributed by atoms with Gasteiger partial charge < -0.3 is 21.3 Å². The zero-order valence-corrected chi connectivity index (χ0v) is 33.1. The normalized spacial score (nSPS) is 72.4. The van der Waals surface area contributed by atoms with Gasteiger partial charge in [0.1, 0.15) is 5.41 Å². The van der Waals surface area contributed by atoms with Crippen LogP contribution >= 0.6 is 0 Å². The fourth-order valence-corrected chi connectivity index (χ4v) is 27.4. The van der Waals surface area contributed by atoms with Gasteiger partial charge in [0.2, 0.25) is 11.8 Å². The first-order valence-electron chi connectivity index (χ1n) is 25.4. The van der Waals surface area contributed by atoms with Gasteiger partial charge >= 0.3 is 0 Å². The van der Waals surface area contributed by atoms with Gasteiger partial charge in [-0.3, -0.25) is 9.59 Å². The van der Waals surface area contributed by atoms with Gasteiger partial charge in [-0.2, -0.15) is 0 Å². The Morgan fingerprint density at radius 1 is 0.357 bits per heavy atom. The first-order chi connectivity index (χ1) is 27.7. The molecule has 32 atom stereocenters. The van der Waals surface area contributed by atoms with E-state index in [1.165, 1.54) is 25.7 Å². The third-order valence-electron chi connectivity index (χ3n) is 26.2. The van der Waals surface area contributed by atoms with E-state index in [-0.39, 0.29) is 11.8 Å². The van der Waals surface area contributed by atoms with E-state index in [1.54, 1.807) is 12.8 Å². The average Bonchev–Trinajstić information content (AvgIpc) is 3.79. The number of hydrogen-bond acceptors (Lipinski definition) is 4. The molecule has 1 saturated heterocycles. The van der Waals surface area contributed by atoms with E-state index in [4.69, 9.17) is 0 Å². The molecule has 6 nitrogen and oxygen atoms in total. The highest BCUT2D eigenvalue weighted by Gasteiger charge is 2.93. The molecule has 17 fully saturated rings. The molecule has 18 rings (SSSR count). The predicted molar refractivity (Wildman–Crippen MR) is 207 cm³/mol. The van der Waals surface area contributed by atoms with Crippen LogP contribution in [0.1, 0.15) is 44.9 Å². The van der Waals surface area contributed by atoms with Crippen molar-refractivity contribution in [3.63, 3.8) is 0 Å². The van der Waals surface area contributed by atoms with E-state index >= 15 is 9.59 Å². The summed E-state index contributed by atoms with van der Waals surface area (Å²) < 4.78 is 0. The Kier molecular flexibility index (Phi) is 5.14. The quantitative estimate of drug-likeness (QED) is 0.215. The first-order valence-corrected chi connectivity index (χ1v) is 25.4. The summed E-state index contributed by atoms with van der Waals surface area (Å²) in [5.74, 6) is 29.7. The fraction of sp³-hybridized carbons (Fsp3) is 0.920. The summed E-state index contributed by atoms with van der Waals surface area (Å²) in [7, 11) is 0. The van der Waals surface area contributed by atoms with Crippen molar-refractivity contribution in [2.75, 3.05) is 39.3 Å². The Labute approximate surface area is 332 Å². The van der Waals surface area contributed by atoms with Crippen molar-refractivity contribution in [3.05, 3.63) is 12.2 Å². The second-order valence-corrected chi connectivity index (χ2v) is 25.2. The maximum atomic E-state index is 15.4. The second kappa shape index (κ2) is 9.40. The smallest absolute Gasteiger partial charge is 0.236 e. The summed E-state index contributed by atoms with van der Waals surface area (Å²) in [4.78, 5) is 30.7. The summed E-state index contributed by atoms with van der Waals surface area (Å²) >= 11 is 0. The van der Waals surface area contributed by atoms with Crippen molar-refractivity contribution < 1.29 is 9.59 Å². The Hall–Kier alpha value is -1.40. The van der Waals surface area contributed by atoms with Crippen molar-refractivity contribution in [1.29, 1.82) is 0 Å². The molecular formula is C50H64N4O2. The predicted octanol–water partition coefficient (Wildman–Crippen LogP) is 4.63. The van der Waals surface area contributed by atoms with Crippen LogP contribution in [0.3, 0.4) is 0 Å². The van der Waals surface area contributed by atoms with Crippen molar-refractivity contribution in [2.24, 2.45) is 195 Å². The topological polar surface area (TPSA) is 82.3 Å². The molecule has 0 bridgehead atoms. The lowest BCUT2D eigenvalue weighted by molar-refractivity contribution is -0.148. The molecule has 296 valence electrons. The zero-order chi connectivity index (χ0) is 35.6. The standard InChI is InChI=1S/C50H64N4O2/c55-48-50(49(56)54-15-13-52-11-1-10-51-12-14-53-48)46-32-22-8-6-20-18-4-2-16-17-3-5-19-21-7-9-23-31-29(21)36-27(19)25(17)34-24(16)26(18)35-28(20)30(22)37-39(32)40(33(23)47(46)50)38(31)45-43(36)41(34)42(35)44(37)45/h2,4,16-47,51-52H,1,3,5-15H2,(H,53,55)(H,54,56). The largest absolute Gasteiger partial charge is 0.354 e. The highest BCUT2D eigenvalue weighted by Crippen LogP contribution is 2.95. The first kappa shape index (κ1) is 30.6. The van der Waals surface area contributed by atoms with Crippen LogP contribution in [0.25, 0.3) is 0 Å². The van der Waals surface area contributed by atoms with Crippen LogP contribution in [0, 0.1) is 195 Å². The molecule has 16 saturated carbocycles. The van der Waals surface area contributed by atoms with E-state index in [1.807, 2.05) is 0 Å². The third kappa shape index (κ3) is 2.73. The Morgan fingerprint density at radius 3 is 1.18 bits per heavy atom. The Morgan fingerprint density at radius 2 is 0.696 bits per heavy atom. The van der Waals surface area contributed by atoms with Gasteiger partial charge in [-0.15, -0.1) is 0 Å². The molecule has 0 radical (unpaired) electrons. The molecule has 18 aliphatic rings. The zero-order valence-electron chi connectivity index (χ0n) is 33.1. The molecule has 1 spiro atoms. The number of rotatable bonds is 0. The van der Waals surface area contributed by atoms with Gasteiger partial charge in [-0.25, -0.2) is 0 Å². The van der Waals surface area contributed by atoms with Crippen LogP contribution in [0.5, 0.6) is 0 Å². The molecule has 1 aliphatic heterocycles. The van der Waals surface area contributed by atoms with E-state index in [2.05, 4.69) is 33.4 Å². The fourth-order valence-electron chi connectivity index (χ4n) is 27.4. The van der Waals surface area contributed by atoms with E-state index in [0.29, 0.717) is 36.8 Å². The van der Waals surface area contributed by atoms with Gasteiger partial charge in [0.15, 0.2) is 0 Å². The minimum atomic E-state index is -0.830. The van der Waals surface area contributed by atoms with Crippen molar-refractivity contribution in [3.8, 4) is 0 Å². The third-order valence-corrected chi connectivity index (χ3v) is 26.2. The van der Waals surface area contributed by atoms with Crippen LogP contribution in [-0.2, 0) is 9.59 Å². The Bertz CT molecular complexity index is 1920. The number of nitrogens with one attached hydrogen (secondary N) is 4. The number of carbonyl (C=O) groups is 2. The summed E-state index contributed by atoms with van der Waals surface area (Å²) in [6.45, 7) is 4.89. The van der Waals surface area contributed by atoms with Gasteiger partial charge in [0.05, 0.1) is 0 Å². The molecule has 0 aromatic heterocycles. The molecule has 2 amide bonds. The minimum absolute atomic E-state index is 0.158. The summed E-state index contributed by atoms with van der Waals surface area (Å²) in [5.41, 5.74) is -0.830. The summed E-state index contributed by atoms with van der Waals surface area (Å²) in [6.07, 6.45) is 16.0. The molecule has 56 heavy (non-hydrogen) atoms.